The van der Waals surface area contributed by atoms with E-state index >= 15 is 0 Å². The summed E-state index contributed by atoms with van der Waals surface area (Å²) < 4.78 is 55.1. The number of rotatable bonds is 0. The van der Waals surface area contributed by atoms with Crippen molar-refractivity contribution in [1.29, 1.82) is 0 Å². The van der Waals surface area contributed by atoms with E-state index in [0.29, 0.717) is 11.3 Å². The number of hydrogen-bond donors (Lipinski definition) is 1. The maximum Gasteiger partial charge on any atom is 0.407 e. The van der Waals surface area contributed by atoms with Crippen LogP contribution in [0.2, 0.25) is 0 Å². The summed E-state index contributed by atoms with van der Waals surface area (Å²) >= 11 is 0. The number of nitrogens with one attached hydrogen (secondary N) is 1. The molecule has 0 saturated heterocycles. The van der Waals surface area contributed by atoms with Gasteiger partial charge in [0, 0.05) is 12.1 Å². The molecule has 88 valence electrons. The molecule has 0 bridgehead atoms. The topological polar surface area (TPSA) is 21.3 Å². The van der Waals surface area contributed by atoms with Crippen molar-refractivity contribution in [3.63, 3.8) is 0 Å². The summed E-state index contributed by atoms with van der Waals surface area (Å²) in [4.78, 5) is 0. The molecule has 0 spiro atoms. The third-order valence-electron chi connectivity index (χ3n) is 2.36. The fraction of sp³-hybridized carbons (Fsp3) is 0.400. The SMILES string of the molecule is Fc1ccc2c(c1)CNC(C(F)(F)F)CO2. The van der Waals surface area contributed by atoms with E-state index in [-0.39, 0.29) is 6.54 Å². The molecule has 1 unspecified atom stereocenters. The average molecular weight is 235 g/mol. The molecule has 1 aliphatic rings. The van der Waals surface area contributed by atoms with Crippen molar-refractivity contribution in [2.45, 2.75) is 18.8 Å². The van der Waals surface area contributed by atoms with Gasteiger partial charge in [-0.05, 0) is 18.2 Å². The van der Waals surface area contributed by atoms with E-state index in [1.165, 1.54) is 12.1 Å². The number of halogens is 4. The molecule has 2 nitrogen and oxygen atoms in total. The molecule has 1 aromatic rings. The molecule has 1 N–H and O–H groups in total. The molecule has 1 aromatic carbocycles. The normalized spacial score (nSPS) is 20.9. The van der Waals surface area contributed by atoms with Crippen LogP contribution in [0.4, 0.5) is 17.6 Å². The third-order valence-corrected chi connectivity index (χ3v) is 2.36. The van der Waals surface area contributed by atoms with Crippen LogP contribution in [0.25, 0.3) is 0 Å². The van der Waals surface area contributed by atoms with Crippen molar-refractivity contribution in [2.24, 2.45) is 0 Å². The van der Waals surface area contributed by atoms with Crippen LogP contribution in [0.5, 0.6) is 5.75 Å². The van der Waals surface area contributed by atoms with Crippen molar-refractivity contribution in [3.8, 4) is 5.75 Å². The summed E-state index contributed by atoms with van der Waals surface area (Å²) in [6.07, 6.45) is -4.36. The van der Waals surface area contributed by atoms with Crippen molar-refractivity contribution in [2.75, 3.05) is 6.61 Å². The monoisotopic (exact) mass is 235 g/mol. The van der Waals surface area contributed by atoms with Crippen molar-refractivity contribution < 1.29 is 22.3 Å². The van der Waals surface area contributed by atoms with E-state index in [4.69, 9.17) is 4.74 Å². The predicted octanol–water partition coefficient (Wildman–Crippen LogP) is 2.24. The van der Waals surface area contributed by atoms with Crippen LogP contribution >= 0.6 is 0 Å². The number of hydrogen-bond acceptors (Lipinski definition) is 2. The smallest absolute Gasteiger partial charge is 0.407 e. The highest BCUT2D eigenvalue weighted by atomic mass is 19.4. The molecule has 0 radical (unpaired) electrons. The van der Waals surface area contributed by atoms with Gasteiger partial charge in [0.1, 0.15) is 24.2 Å². The lowest BCUT2D eigenvalue weighted by Crippen LogP contribution is -2.44. The van der Waals surface area contributed by atoms with E-state index in [1.807, 2.05) is 0 Å². The van der Waals surface area contributed by atoms with Crippen LogP contribution in [-0.4, -0.2) is 18.8 Å². The molecule has 6 heteroatoms. The summed E-state index contributed by atoms with van der Waals surface area (Å²) in [6.45, 7) is -0.556. The zero-order valence-corrected chi connectivity index (χ0v) is 8.14. The quantitative estimate of drug-likeness (QED) is 0.696. The summed E-state index contributed by atoms with van der Waals surface area (Å²) in [6, 6.07) is 1.95. The third kappa shape index (κ3) is 2.27. The number of benzene rings is 1. The molecule has 1 atom stereocenters. The van der Waals surface area contributed by atoms with Gasteiger partial charge < -0.3 is 4.74 Å². The Hall–Kier alpha value is -1.30. The van der Waals surface area contributed by atoms with Crippen LogP contribution in [-0.2, 0) is 6.54 Å². The van der Waals surface area contributed by atoms with Gasteiger partial charge >= 0.3 is 6.18 Å². The van der Waals surface area contributed by atoms with E-state index < -0.39 is 24.6 Å². The van der Waals surface area contributed by atoms with Gasteiger partial charge in [0.2, 0.25) is 0 Å². The molecule has 16 heavy (non-hydrogen) atoms. The number of ether oxygens (including phenoxy) is 1. The van der Waals surface area contributed by atoms with Crippen molar-refractivity contribution in [1.82, 2.24) is 5.32 Å². The first-order chi connectivity index (χ1) is 7.47. The Balaban J connectivity index is 2.19. The predicted molar refractivity (Wildman–Crippen MR) is 48.6 cm³/mol. The Bertz CT molecular complexity index is 391. The molecule has 1 aliphatic heterocycles. The van der Waals surface area contributed by atoms with E-state index in [1.54, 1.807) is 0 Å². The maximum absolute atomic E-state index is 12.9. The Kier molecular flexibility index (Phi) is 2.75. The van der Waals surface area contributed by atoms with Crippen LogP contribution < -0.4 is 10.1 Å². The minimum atomic E-state index is -4.36. The lowest BCUT2D eigenvalue weighted by molar-refractivity contribution is -0.161. The summed E-state index contributed by atoms with van der Waals surface area (Å²) in [5, 5.41) is 2.29. The van der Waals surface area contributed by atoms with Gasteiger partial charge in [0.05, 0.1) is 0 Å². The van der Waals surface area contributed by atoms with Gasteiger partial charge in [-0.3, -0.25) is 5.32 Å². The minimum absolute atomic E-state index is 0.0583. The molecule has 0 aliphatic carbocycles. The minimum Gasteiger partial charge on any atom is -0.491 e. The number of fused-ring (bicyclic) bond motifs is 1. The Labute approximate surface area is 89.2 Å². The highest BCUT2D eigenvalue weighted by Crippen LogP contribution is 2.27. The van der Waals surface area contributed by atoms with Gasteiger partial charge in [-0.25, -0.2) is 4.39 Å². The average Bonchev–Trinajstić information content (AvgIpc) is 2.38. The summed E-state index contributed by atoms with van der Waals surface area (Å²) in [7, 11) is 0. The second kappa shape index (κ2) is 3.93. The molecule has 1 heterocycles. The molecule has 0 amide bonds. The molecule has 0 saturated carbocycles. The first-order valence-corrected chi connectivity index (χ1v) is 4.68. The Morgan fingerprint density at radius 3 is 2.75 bits per heavy atom. The lowest BCUT2D eigenvalue weighted by Gasteiger charge is -2.18. The summed E-state index contributed by atoms with van der Waals surface area (Å²) in [5.74, 6) is -0.199. The second-order valence-corrected chi connectivity index (χ2v) is 3.54. The molecular formula is C10H9F4NO. The van der Waals surface area contributed by atoms with Crippen LogP contribution in [0.1, 0.15) is 5.56 Å². The zero-order chi connectivity index (χ0) is 11.8. The molecule has 2 rings (SSSR count). The van der Waals surface area contributed by atoms with Crippen molar-refractivity contribution >= 4 is 0 Å². The van der Waals surface area contributed by atoms with Crippen molar-refractivity contribution in [3.05, 3.63) is 29.6 Å². The molecular weight excluding hydrogens is 226 g/mol. The van der Waals surface area contributed by atoms with Gasteiger partial charge in [-0.15, -0.1) is 0 Å². The zero-order valence-electron chi connectivity index (χ0n) is 8.14. The Morgan fingerprint density at radius 1 is 1.31 bits per heavy atom. The van der Waals surface area contributed by atoms with Crippen LogP contribution in [0.3, 0.4) is 0 Å². The highest BCUT2D eigenvalue weighted by Gasteiger charge is 2.41. The van der Waals surface area contributed by atoms with E-state index in [0.717, 1.165) is 6.07 Å². The fourth-order valence-corrected chi connectivity index (χ4v) is 1.50. The van der Waals surface area contributed by atoms with Gasteiger partial charge in [-0.1, -0.05) is 0 Å². The standard InChI is InChI=1S/C10H9F4NO/c11-7-1-2-8-6(3-7)4-15-9(5-16-8)10(12,13)14/h1-3,9,15H,4-5H2. The summed E-state index contributed by atoms with van der Waals surface area (Å²) in [5.41, 5.74) is 0.395. The van der Waals surface area contributed by atoms with E-state index in [2.05, 4.69) is 5.32 Å². The number of alkyl halides is 3. The Morgan fingerprint density at radius 2 is 2.06 bits per heavy atom. The molecule has 0 fully saturated rings. The van der Waals surface area contributed by atoms with Gasteiger partial charge in [0.15, 0.2) is 0 Å². The van der Waals surface area contributed by atoms with Gasteiger partial charge in [0.25, 0.3) is 0 Å². The first-order valence-electron chi connectivity index (χ1n) is 4.68. The lowest BCUT2D eigenvalue weighted by atomic mass is 10.2. The largest absolute Gasteiger partial charge is 0.491 e. The van der Waals surface area contributed by atoms with Gasteiger partial charge in [-0.2, -0.15) is 13.2 Å². The fourth-order valence-electron chi connectivity index (χ4n) is 1.50. The van der Waals surface area contributed by atoms with E-state index in [9.17, 15) is 17.6 Å². The second-order valence-electron chi connectivity index (χ2n) is 3.54. The van der Waals surface area contributed by atoms with Crippen LogP contribution in [0.15, 0.2) is 18.2 Å². The first kappa shape index (κ1) is 11.2. The van der Waals surface area contributed by atoms with Crippen LogP contribution in [0, 0.1) is 5.82 Å². The highest BCUT2D eigenvalue weighted by molar-refractivity contribution is 5.34. The maximum atomic E-state index is 12.9. The molecule has 0 aromatic heterocycles.